The van der Waals surface area contributed by atoms with Crippen LogP contribution in [-0.2, 0) is 6.54 Å². The van der Waals surface area contributed by atoms with E-state index in [0.717, 1.165) is 28.0 Å². The molecule has 1 atom stereocenters. The number of aliphatic hydroxyl groups is 1. The molecule has 0 aliphatic heterocycles. The van der Waals surface area contributed by atoms with Crippen LogP contribution >= 0.6 is 15.9 Å². The van der Waals surface area contributed by atoms with Crippen molar-refractivity contribution in [1.82, 2.24) is 15.3 Å². The first-order valence-corrected chi connectivity index (χ1v) is 7.16. The summed E-state index contributed by atoms with van der Waals surface area (Å²) in [6.07, 6.45) is 2.73. The number of hydrogen-bond donors (Lipinski definition) is 3. The van der Waals surface area contributed by atoms with E-state index in [-0.39, 0.29) is 12.6 Å². The van der Waals surface area contributed by atoms with Crippen LogP contribution in [0, 0.1) is 0 Å². The zero-order valence-electron chi connectivity index (χ0n) is 10.9. The van der Waals surface area contributed by atoms with Crippen LogP contribution in [0.4, 0.5) is 0 Å². The Morgan fingerprint density at radius 2 is 2.11 bits per heavy atom. The molecule has 5 heteroatoms. The fourth-order valence-corrected chi connectivity index (χ4v) is 2.07. The number of rotatable bonds is 6. The van der Waals surface area contributed by atoms with Gasteiger partial charge < -0.3 is 15.4 Å². The molecule has 0 fully saturated rings. The van der Waals surface area contributed by atoms with Crippen molar-refractivity contribution in [1.29, 1.82) is 0 Å². The van der Waals surface area contributed by atoms with Gasteiger partial charge in [0, 0.05) is 10.5 Å². The molecule has 0 saturated heterocycles. The van der Waals surface area contributed by atoms with E-state index in [1.54, 1.807) is 0 Å². The smallest absolute Gasteiger partial charge is 0.120 e. The number of nitrogens with one attached hydrogen (secondary N) is 2. The van der Waals surface area contributed by atoms with Crippen LogP contribution in [0.5, 0.6) is 0 Å². The van der Waals surface area contributed by atoms with E-state index in [0.29, 0.717) is 6.54 Å². The molecule has 1 aromatic carbocycles. The number of aromatic nitrogens is 2. The summed E-state index contributed by atoms with van der Waals surface area (Å²) < 4.78 is 1.06. The van der Waals surface area contributed by atoms with Gasteiger partial charge in [0.05, 0.1) is 25.0 Å². The van der Waals surface area contributed by atoms with E-state index in [9.17, 15) is 0 Å². The van der Waals surface area contributed by atoms with Crippen LogP contribution in [0.2, 0.25) is 0 Å². The van der Waals surface area contributed by atoms with Crippen LogP contribution in [0.25, 0.3) is 11.3 Å². The van der Waals surface area contributed by atoms with E-state index in [1.165, 1.54) is 0 Å². The number of halogens is 1. The maximum absolute atomic E-state index is 9.12. The lowest BCUT2D eigenvalue weighted by molar-refractivity contribution is 0.237. The van der Waals surface area contributed by atoms with E-state index < -0.39 is 0 Å². The largest absolute Gasteiger partial charge is 0.395 e. The molecular weight excluding hydrogens is 306 g/mol. The van der Waals surface area contributed by atoms with E-state index in [4.69, 9.17) is 5.11 Å². The van der Waals surface area contributed by atoms with Crippen molar-refractivity contribution >= 4 is 15.9 Å². The Morgan fingerprint density at radius 3 is 2.74 bits per heavy atom. The molecule has 0 aliphatic carbocycles. The average Bonchev–Trinajstić information content (AvgIpc) is 2.89. The molecule has 1 unspecified atom stereocenters. The molecule has 102 valence electrons. The van der Waals surface area contributed by atoms with Gasteiger partial charge in [-0.2, -0.15) is 0 Å². The van der Waals surface area contributed by atoms with Gasteiger partial charge in [-0.05, 0) is 24.1 Å². The van der Waals surface area contributed by atoms with Gasteiger partial charge in [0.15, 0.2) is 0 Å². The summed E-state index contributed by atoms with van der Waals surface area (Å²) in [6.45, 7) is 2.83. The molecule has 0 aliphatic rings. The molecule has 4 nitrogen and oxygen atoms in total. The Kier molecular flexibility index (Phi) is 5.13. The molecule has 0 amide bonds. The van der Waals surface area contributed by atoms with Gasteiger partial charge in [-0.15, -0.1) is 0 Å². The molecular formula is C14H18BrN3O. The van der Waals surface area contributed by atoms with Crippen molar-refractivity contribution in [3.05, 3.63) is 40.8 Å². The minimum atomic E-state index is 0.126. The molecule has 0 radical (unpaired) electrons. The fourth-order valence-electron chi connectivity index (χ4n) is 1.81. The number of benzene rings is 1. The number of aliphatic hydroxyl groups excluding tert-OH is 1. The molecule has 0 bridgehead atoms. The highest BCUT2D eigenvalue weighted by molar-refractivity contribution is 9.10. The lowest BCUT2D eigenvalue weighted by Crippen LogP contribution is -2.31. The van der Waals surface area contributed by atoms with E-state index in [1.807, 2.05) is 37.4 Å². The van der Waals surface area contributed by atoms with Gasteiger partial charge >= 0.3 is 0 Å². The monoisotopic (exact) mass is 323 g/mol. The molecule has 3 N–H and O–H groups in total. The number of H-pyrrole nitrogens is 1. The number of aromatic amines is 1. The molecule has 2 aromatic rings. The summed E-state index contributed by atoms with van der Waals surface area (Å²) in [5, 5.41) is 12.4. The Hall–Kier alpha value is -1.17. The van der Waals surface area contributed by atoms with Gasteiger partial charge in [0.1, 0.15) is 5.82 Å². The van der Waals surface area contributed by atoms with E-state index in [2.05, 4.69) is 31.2 Å². The number of imidazole rings is 1. The minimum Gasteiger partial charge on any atom is -0.395 e. The Morgan fingerprint density at radius 1 is 1.37 bits per heavy atom. The predicted molar refractivity (Wildman–Crippen MR) is 79.7 cm³/mol. The van der Waals surface area contributed by atoms with Gasteiger partial charge in [-0.1, -0.05) is 35.0 Å². The highest BCUT2D eigenvalue weighted by atomic mass is 79.9. The zero-order chi connectivity index (χ0) is 13.7. The Labute approximate surface area is 121 Å². The molecule has 0 spiro atoms. The van der Waals surface area contributed by atoms with Crippen LogP contribution < -0.4 is 5.32 Å². The Balaban J connectivity index is 2.01. The van der Waals surface area contributed by atoms with Crippen LogP contribution in [0.15, 0.2) is 34.9 Å². The molecule has 0 saturated carbocycles. The predicted octanol–water partition coefficient (Wildman–Crippen LogP) is 2.70. The number of nitrogens with zero attached hydrogens (tertiary/aromatic N) is 1. The SMILES string of the molecule is CCC(CO)NCc1ncc(-c2ccc(Br)cc2)[nH]1. The normalized spacial score (nSPS) is 12.6. The number of hydrogen-bond acceptors (Lipinski definition) is 3. The second kappa shape index (κ2) is 6.84. The molecule has 2 rings (SSSR count). The van der Waals surface area contributed by atoms with Crippen LogP contribution in [-0.4, -0.2) is 27.7 Å². The van der Waals surface area contributed by atoms with Crippen molar-refractivity contribution < 1.29 is 5.11 Å². The van der Waals surface area contributed by atoms with Crippen molar-refractivity contribution in [3.63, 3.8) is 0 Å². The second-order valence-corrected chi connectivity index (χ2v) is 5.33. The summed E-state index contributed by atoms with van der Waals surface area (Å²) in [6, 6.07) is 8.22. The third-order valence-corrected chi connectivity index (χ3v) is 3.58. The van der Waals surface area contributed by atoms with Crippen molar-refractivity contribution in [3.8, 4) is 11.3 Å². The summed E-state index contributed by atoms with van der Waals surface area (Å²) >= 11 is 3.42. The summed E-state index contributed by atoms with van der Waals surface area (Å²) in [5.41, 5.74) is 2.11. The van der Waals surface area contributed by atoms with Crippen molar-refractivity contribution in [2.24, 2.45) is 0 Å². The van der Waals surface area contributed by atoms with E-state index >= 15 is 0 Å². The first-order chi connectivity index (χ1) is 9.22. The topological polar surface area (TPSA) is 60.9 Å². The third kappa shape index (κ3) is 3.89. The van der Waals surface area contributed by atoms with Gasteiger partial charge in [-0.3, -0.25) is 0 Å². The second-order valence-electron chi connectivity index (χ2n) is 4.42. The van der Waals surface area contributed by atoms with Gasteiger partial charge in [0.25, 0.3) is 0 Å². The summed E-state index contributed by atoms with van der Waals surface area (Å²) in [5.74, 6) is 0.879. The third-order valence-electron chi connectivity index (χ3n) is 3.06. The summed E-state index contributed by atoms with van der Waals surface area (Å²) in [7, 11) is 0. The lowest BCUT2D eigenvalue weighted by atomic mass is 10.2. The van der Waals surface area contributed by atoms with Crippen LogP contribution in [0.1, 0.15) is 19.2 Å². The molecule has 1 heterocycles. The standard InChI is InChI=1S/C14H18BrN3O/c1-2-12(9-19)16-8-14-17-7-13(18-14)10-3-5-11(15)6-4-10/h3-7,12,16,19H,2,8-9H2,1H3,(H,17,18). The highest BCUT2D eigenvalue weighted by Gasteiger charge is 2.06. The first-order valence-electron chi connectivity index (χ1n) is 6.37. The lowest BCUT2D eigenvalue weighted by Gasteiger charge is -2.12. The van der Waals surface area contributed by atoms with Gasteiger partial charge in [-0.25, -0.2) is 4.98 Å². The van der Waals surface area contributed by atoms with Crippen LogP contribution in [0.3, 0.4) is 0 Å². The fraction of sp³-hybridized carbons (Fsp3) is 0.357. The minimum absolute atomic E-state index is 0.126. The average molecular weight is 324 g/mol. The maximum Gasteiger partial charge on any atom is 0.120 e. The quantitative estimate of drug-likeness (QED) is 0.766. The van der Waals surface area contributed by atoms with Gasteiger partial charge in [0.2, 0.25) is 0 Å². The molecule has 19 heavy (non-hydrogen) atoms. The summed E-state index contributed by atoms with van der Waals surface area (Å²) in [4.78, 5) is 7.63. The Bertz CT molecular complexity index is 506. The molecule has 1 aromatic heterocycles. The zero-order valence-corrected chi connectivity index (χ0v) is 12.4. The van der Waals surface area contributed by atoms with Crippen molar-refractivity contribution in [2.45, 2.75) is 25.9 Å². The maximum atomic E-state index is 9.12. The van der Waals surface area contributed by atoms with Crippen molar-refractivity contribution in [2.75, 3.05) is 6.61 Å². The first kappa shape index (κ1) is 14.2. The highest BCUT2D eigenvalue weighted by Crippen LogP contribution is 2.19.